The summed E-state index contributed by atoms with van der Waals surface area (Å²) in [7, 11) is 1.72. The number of piperidine rings is 1. The highest BCUT2D eigenvalue weighted by molar-refractivity contribution is 5.85. The summed E-state index contributed by atoms with van der Waals surface area (Å²) in [5.74, 6) is 3.87. The van der Waals surface area contributed by atoms with Crippen molar-refractivity contribution in [1.29, 1.82) is 0 Å². The Hall–Kier alpha value is -3.35. The van der Waals surface area contributed by atoms with Crippen LogP contribution in [0.1, 0.15) is 52.9 Å². The van der Waals surface area contributed by atoms with Gasteiger partial charge in [0.05, 0.1) is 5.52 Å². The molecule has 2 fully saturated rings. The average Bonchev–Trinajstić information content (AvgIpc) is 3.65. The van der Waals surface area contributed by atoms with Gasteiger partial charge in [0.25, 0.3) is 5.56 Å². The topological polar surface area (TPSA) is 76.5 Å². The van der Waals surface area contributed by atoms with E-state index in [-0.39, 0.29) is 25.1 Å². The minimum Gasteiger partial charge on any atom is -0.480 e. The number of carbonyl (C=O) groups is 1. The molecule has 2 atom stereocenters. The van der Waals surface area contributed by atoms with E-state index in [0.717, 1.165) is 41.3 Å². The molecule has 3 heterocycles. The number of pyridine rings is 2. The Labute approximate surface area is 207 Å². The molecule has 1 aliphatic heterocycles. The molecular formula is C28H36N4O3. The Morgan fingerprint density at radius 3 is 2.57 bits per heavy atom. The van der Waals surface area contributed by atoms with Crippen LogP contribution in [-0.4, -0.2) is 35.0 Å². The summed E-state index contributed by atoms with van der Waals surface area (Å²) in [5, 5.41) is 4.43. The summed E-state index contributed by atoms with van der Waals surface area (Å²) < 4.78 is 7.04. The van der Waals surface area contributed by atoms with Gasteiger partial charge in [-0.3, -0.25) is 9.59 Å². The van der Waals surface area contributed by atoms with Crippen LogP contribution in [0.4, 0.5) is 17.3 Å². The SMILES string of the molecule is CC(=O)COc1cc2cc(Nc3nc(N4C[C@H](C)C[C@H](C)C4)ccc3C3CC3)ccc2n(C)c1=O.[HH]. The maximum atomic E-state index is 12.6. The lowest BCUT2D eigenvalue weighted by Gasteiger charge is -2.36. The molecule has 0 amide bonds. The number of anilines is 3. The molecule has 5 rings (SSSR count). The second-order valence-corrected chi connectivity index (χ2v) is 10.5. The van der Waals surface area contributed by atoms with Crippen LogP contribution < -0.4 is 20.5 Å². The first-order chi connectivity index (χ1) is 16.8. The summed E-state index contributed by atoms with van der Waals surface area (Å²) in [5.41, 5.74) is 2.71. The van der Waals surface area contributed by atoms with Crippen molar-refractivity contribution in [2.24, 2.45) is 18.9 Å². The average molecular weight is 477 g/mol. The van der Waals surface area contributed by atoms with Crippen LogP contribution in [0, 0.1) is 11.8 Å². The largest absolute Gasteiger partial charge is 0.480 e. The number of nitrogens with zero attached hydrogens (tertiary/aromatic N) is 3. The zero-order chi connectivity index (χ0) is 24.7. The standard InChI is InChI=1S/C28H34N4O3.H2/c1-17-11-18(2)15-32(14-17)26-10-8-23(20-5-6-20)27(30-26)29-22-7-9-24-21(12-22)13-25(28(34)31(24)4)35-16-19(3)33;/h7-10,12-13,17-18,20H,5-6,11,14-16H2,1-4H3,(H,29,30);1H/t17-,18+;. The fourth-order valence-corrected chi connectivity index (χ4v) is 5.26. The van der Waals surface area contributed by atoms with Crippen LogP contribution in [0.5, 0.6) is 5.75 Å². The summed E-state index contributed by atoms with van der Waals surface area (Å²) in [6.07, 6.45) is 3.66. The van der Waals surface area contributed by atoms with Gasteiger partial charge in [-0.25, -0.2) is 4.98 Å². The maximum absolute atomic E-state index is 12.6. The lowest BCUT2D eigenvalue weighted by Crippen LogP contribution is -2.39. The molecular weight excluding hydrogens is 440 g/mol. The Morgan fingerprint density at radius 2 is 1.89 bits per heavy atom. The number of hydrogen-bond donors (Lipinski definition) is 1. The number of Topliss-reactive ketones (excluding diaryl/α,β-unsaturated/α-hetero) is 1. The third-order valence-corrected chi connectivity index (χ3v) is 7.01. The summed E-state index contributed by atoms with van der Waals surface area (Å²) in [6, 6.07) is 12.1. The van der Waals surface area contributed by atoms with Gasteiger partial charge in [-0.15, -0.1) is 0 Å². The monoisotopic (exact) mass is 476 g/mol. The van der Waals surface area contributed by atoms with Crippen LogP contribution in [0.15, 0.2) is 41.2 Å². The van der Waals surface area contributed by atoms with E-state index in [2.05, 4.69) is 36.2 Å². The van der Waals surface area contributed by atoms with Gasteiger partial charge in [-0.05, 0) is 79.8 Å². The molecule has 1 aliphatic carbocycles. The van der Waals surface area contributed by atoms with Crippen molar-refractivity contribution in [2.75, 3.05) is 29.9 Å². The number of nitrogens with one attached hydrogen (secondary N) is 1. The van der Waals surface area contributed by atoms with Gasteiger partial charge in [0.15, 0.2) is 11.5 Å². The molecule has 7 nitrogen and oxygen atoms in total. The zero-order valence-corrected chi connectivity index (χ0v) is 21.0. The van der Waals surface area contributed by atoms with E-state index >= 15 is 0 Å². The van der Waals surface area contributed by atoms with Crippen molar-refractivity contribution in [2.45, 2.75) is 46.0 Å². The first kappa shape index (κ1) is 23.4. The highest BCUT2D eigenvalue weighted by Gasteiger charge is 2.29. The minimum atomic E-state index is -0.255. The Kier molecular flexibility index (Phi) is 6.26. The molecule has 0 unspecified atom stereocenters. The molecule has 35 heavy (non-hydrogen) atoms. The molecule has 0 spiro atoms. The molecule has 1 saturated heterocycles. The van der Waals surface area contributed by atoms with E-state index in [1.807, 2.05) is 18.2 Å². The molecule has 0 radical (unpaired) electrons. The van der Waals surface area contributed by atoms with E-state index in [4.69, 9.17) is 9.72 Å². The van der Waals surface area contributed by atoms with E-state index in [1.165, 1.54) is 31.7 Å². The van der Waals surface area contributed by atoms with E-state index < -0.39 is 0 Å². The smallest absolute Gasteiger partial charge is 0.293 e. The van der Waals surface area contributed by atoms with Crippen LogP contribution in [0.25, 0.3) is 10.9 Å². The quantitative estimate of drug-likeness (QED) is 0.502. The molecule has 7 heteroatoms. The minimum absolute atomic E-state index is 0. The van der Waals surface area contributed by atoms with Crippen molar-refractivity contribution in [3.05, 3.63) is 52.3 Å². The Balaban J connectivity index is 0.00000304. The Morgan fingerprint density at radius 1 is 1.14 bits per heavy atom. The fraction of sp³-hybridized carbons (Fsp3) is 0.464. The number of fused-ring (bicyclic) bond motifs is 1. The predicted octanol–water partition coefficient (Wildman–Crippen LogP) is 5.25. The normalized spacial score (nSPS) is 20.2. The van der Waals surface area contributed by atoms with Crippen molar-refractivity contribution < 1.29 is 11.0 Å². The number of ketones is 1. The number of rotatable bonds is 7. The van der Waals surface area contributed by atoms with Gasteiger partial charge in [0, 0.05) is 32.6 Å². The lowest BCUT2D eigenvalue weighted by molar-refractivity contribution is -0.118. The van der Waals surface area contributed by atoms with Gasteiger partial charge in [0.2, 0.25) is 0 Å². The van der Waals surface area contributed by atoms with Crippen molar-refractivity contribution >= 4 is 34.0 Å². The third-order valence-electron chi connectivity index (χ3n) is 7.01. The van der Waals surface area contributed by atoms with Crippen molar-refractivity contribution in [3.63, 3.8) is 0 Å². The second-order valence-electron chi connectivity index (χ2n) is 10.5. The molecule has 186 valence electrons. The van der Waals surface area contributed by atoms with Crippen LogP contribution in [-0.2, 0) is 11.8 Å². The molecule has 2 aliphatic rings. The van der Waals surface area contributed by atoms with Crippen LogP contribution in [0.3, 0.4) is 0 Å². The highest BCUT2D eigenvalue weighted by Crippen LogP contribution is 2.44. The summed E-state index contributed by atoms with van der Waals surface area (Å²) in [6.45, 7) is 8.03. The number of aryl methyl sites for hydroxylation is 1. The number of benzene rings is 1. The van der Waals surface area contributed by atoms with Crippen LogP contribution >= 0.6 is 0 Å². The molecule has 1 aromatic carbocycles. The summed E-state index contributed by atoms with van der Waals surface area (Å²) in [4.78, 5) is 31.5. The summed E-state index contributed by atoms with van der Waals surface area (Å²) >= 11 is 0. The van der Waals surface area contributed by atoms with E-state index in [0.29, 0.717) is 17.8 Å². The molecule has 1 N–H and O–H groups in total. The van der Waals surface area contributed by atoms with E-state index in [9.17, 15) is 9.59 Å². The highest BCUT2D eigenvalue weighted by atomic mass is 16.5. The fourth-order valence-electron chi connectivity index (χ4n) is 5.26. The zero-order valence-electron chi connectivity index (χ0n) is 21.0. The molecule has 3 aromatic rings. The number of aromatic nitrogens is 2. The first-order valence-corrected chi connectivity index (χ1v) is 12.6. The second kappa shape index (κ2) is 9.36. The van der Waals surface area contributed by atoms with Gasteiger partial charge < -0.3 is 19.5 Å². The number of ether oxygens (including phenoxy) is 1. The van der Waals surface area contributed by atoms with Crippen LogP contribution in [0.2, 0.25) is 0 Å². The number of hydrogen-bond acceptors (Lipinski definition) is 6. The molecule has 2 aromatic heterocycles. The first-order valence-electron chi connectivity index (χ1n) is 12.6. The van der Waals surface area contributed by atoms with Gasteiger partial charge in [-0.2, -0.15) is 0 Å². The van der Waals surface area contributed by atoms with Crippen molar-refractivity contribution in [1.82, 2.24) is 9.55 Å². The van der Waals surface area contributed by atoms with E-state index in [1.54, 1.807) is 17.7 Å². The van der Waals surface area contributed by atoms with Gasteiger partial charge >= 0.3 is 0 Å². The maximum Gasteiger partial charge on any atom is 0.293 e. The van der Waals surface area contributed by atoms with Crippen molar-refractivity contribution in [3.8, 4) is 5.75 Å². The lowest BCUT2D eigenvalue weighted by atomic mass is 9.92. The number of carbonyl (C=O) groups excluding carboxylic acids is 1. The molecule has 1 saturated carbocycles. The third kappa shape index (κ3) is 5.04. The molecule has 0 bridgehead atoms. The predicted molar refractivity (Wildman–Crippen MR) is 142 cm³/mol. The van der Waals surface area contributed by atoms with Gasteiger partial charge in [-0.1, -0.05) is 19.9 Å². The van der Waals surface area contributed by atoms with Gasteiger partial charge in [0.1, 0.15) is 18.2 Å². The Bertz CT molecular complexity index is 1320.